The molecule has 0 amide bonds. The second-order valence-corrected chi connectivity index (χ2v) is 7.53. The number of hydrogen-bond donors (Lipinski definition) is 3. The van der Waals surface area contributed by atoms with Crippen molar-refractivity contribution in [3.8, 4) is 0 Å². The zero-order chi connectivity index (χ0) is 14.0. The lowest BCUT2D eigenvalue weighted by Gasteiger charge is -2.18. The summed E-state index contributed by atoms with van der Waals surface area (Å²) in [5.41, 5.74) is 4.67. The van der Waals surface area contributed by atoms with E-state index in [2.05, 4.69) is 9.69 Å². The van der Waals surface area contributed by atoms with Crippen molar-refractivity contribution >= 4 is 32.2 Å². The number of aromatic nitrogens is 1. The average molecular weight is 293 g/mol. The maximum atomic E-state index is 12.0. The third kappa shape index (κ3) is 3.82. The minimum atomic E-state index is -3.42. The third-order valence-electron chi connectivity index (χ3n) is 2.14. The number of nitrogens with zero attached hydrogens (tertiary/aromatic N) is 1. The highest BCUT2D eigenvalue weighted by atomic mass is 32.2. The van der Waals surface area contributed by atoms with Crippen molar-refractivity contribution < 1.29 is 13.5 Å². The molecule has 0 spiro atoms. The van der Waals surface area contributed by atoms with Crippen LogP contribution in [0.3, 0.4) is 0 Å². The zero-order valence-electron chi connectivity index (χ0n) is 10.7. The molecule has 0 saturated heterocycles. The van der Waals surface area contributed by atoms with Crippen LogP contribution in [0.25, 0.3) is 0 Å². The number of nitrogens with two attached hydrogens (primary N) is 1. The quantitative estimate of drug-likeness (QED) is 0.725. The van der Waals surface area contributed by atoms with Crippen molar-refractivity contribution in [3.63, 3.8) is 0 Å². The molecular weight excluding hydrogens is 274 g/mol. The van der Waals surface area contributed by atoms with E-state index in [1.807, 2.05) is 0 Å². The van der Waals surface area contributed by atoms with E-state index in [0.29, 0.717) is 11.4 Å². The van der Waals surface area contributed by atoms with Crippen LogP contribution in [-0.2, 0) is 9.84 Å². The number of rotatable bonds is 6. The van der Waals surface area contributed by atoms with Crippen LogP contribution in [0.2, 0.25) is 0 Å². The number of anilines is 2. The van der Waals surface area contributed by atoms with Gasteiger partial charge in [-0.1, -0.05) is 6.92 Å². The zero-order valence-corrected chi connectivity index (χ0v) is 12.4. The van der Waals surface area contributed by atoms with E-state index < -0.39 is 15.4 Å². The molecule has 0 aliphatic rings. The molecule has 1 rings (SSSR count). The molecule has 8 heteroatoms. The van der Waals surface area contributed by atoms with Crippen molar-refractivity contribution in [2.24, 2.45) is 0 Å². The van der Waals surface area contributed by atoms with Crippen LogP contribution in [0, 0.1) is 0 Å². The largest absolute Gasteiger partial charge is 0.389 e. The Morgan fingerprint density at radius 3 is 2.61 bits per heavy atom. The molecule has 0 fully saturated rings. The van der Waals surface area contributed by atoms with Gasteiger partial charge in [0.2, 0.25) is 0 Å². The molecule has 0 aliphatic heterocycles. The second kappa shape index (κ2) is 5.41. The van der Waals surface area contributed by atoms with E-state index in [0.717, 1.165) is 11.5 Å². The van der Waals surface area contributed by atoms with Crippen molar-refractivity contribution in [1.29, 1.82) is 0 Å². The predicted molar refractivity (Wildman–Crippen MR) is 73.7 cm³/mol. The Bertz CT molecular complexity index is 503. The van der Waals surface area contributed by atoms with Gasteiger partial charge in [0.1, 0.15) is 9.90 Å². The smallest absolute Gasteiger partial charge is 0.185 e. The molecule has 0 aromatic carbocycles. The third-order valence-corrected chi connectivity index (χ3v) is 5.07. The lowest BCUT2D eigenvalue weighted by atomic mass is 10.1. The van der Waals surface area contributed by atoms with E-state index in [1.165, 1.54) is 0 Å². The molecule has 18 heavy (non-hydrogen) atoms. The second-order valence-electron chi connectivity index (χ2n) is 4.71. The van der Waals surface area contributed by atoms with Crippen LogP contribution in [-0.4, -0.2) is 35.8 Å². The van der Waals surface area contributed by atoms with Gasteiger partial charge < -0.3 is 16.2 Å². The molecule has 0 saturated carbocycles. The first kappa shape index (κ1) is 15.2. The molecule has 1 aromatic heterocycles. The van der Waals surface area contributed by atoms with E-state index in [-0.39, 0.29) is 23.0 Å². The van der Waals surface area contributed by atoms with Gasteiger partial charge in [-0.2, -0.15) is 4.37 Å². The molecule has 4 N–H and O–H groups in total. The summed E-state index contributed by atoms with van der Waals surface area (Å²) >= 11 is 0.993. The topological polar surface area (TPSA) is 105 Å². The summed E-state index contributed by atoms with van der Waals surface area (Å²) < 4.78 is 27.9. The number of aliphatic hydroxyl groups is 1. The lowest BCUT2D eigenvalue weighted by Crippen LogP contribution is -2.29. The highest BCUT2D eigenvalue weighted by Crippen LogP contribution is 2.32. The van der Waals surface area contributed by atoms with Gasteiger partial charge in [0.15, 0.2) is 15.7 Å². The number of nitrogens with one attached hydrogen (secondary N) is 1. The number of hydrogen-bond acceptors (Lipinski definition) is 7. The van der Waals surface area contributed by atoms with Gasteiger partial charge in [-0.3, -0.25) is 0 Å². The molecule has 1 aromatic rings. The van der Waals surface area contributed by atoms with Crippen LogP contribution >= 0.6 is 11.5 Å². The monoisotopic (exact) mass is 293 g/mol. The highest BCUT2D eigenvalue weighted by molar-refractivity contribution is 7.91. The molecular formula is C10H19N3O3S2. The fourth-order valence-electron chi connectivity index (χ4n) is 1.37. The predicted octanol–water partition coefficient (Wildman–Crippen LogP) is 1.09. The van der Waals surface area contributed by atoms with E-state index in [9.17, 15) is 13.5 Å². The molecule has 0 bridgehead atoms. The van der Waals surface area contributed by atoms with Crippen LogP contribution in [0.15, 0.2) is 4.90 Å². The molecule has 0 unspecified atom stereocenters. The van der Waals surface area contributed by atoms with Crippen LogP contribution < -0.4 is 11.1 Å². The molecule has 0 atom stereocenters. The van der Waals surface area contributed by atoms with Gasteiger partial charge in [0.25, 0.3) is 0 Å². The normalized spacial score (nSPS) is 12.7. The van der Waals surface area contributed by atoms with Gasteiger partial charge >= 0.3 is 0 Å². The summed E-state index contributed by atoms with van der Waals surface area (Å²) in [4.78, 5) is 0.0543. The Hall–Kier alpha value is -0.860. The summed E-state index contributed by atoms with van der Waals surface area (Å²) in [6, 6.07) is 0. The fraction of sp³-hybridized carbons (Fsp3) is 0.700. The standard InChI is InChI=1S/C10H19N3O3S2/c1-4-5-18(15,16)7-8(11)13-17-9(7)12-6-10(2,3)14/h12,14H,4-6H2,1-3H3,(H2,11,13). The highest BCUT2D eigenvalue weighted by Gasteiger charge is 2.25. The Kier molecular flexibility index (Phi) is 4.57. The van der Waals surface area contributed by atoms with Gasteiger partial charge in [-0.05, 0) is 31.8 Å². The fourth-order valence-corrected chi connectivity index (χ4v) is 3.99. The lowest BCUT2D eigenvalue weighted by molar-refractivity contribution is 0.0945. The van der Waals surface area contributed by atoms with Gasteiger partial charge in [-0.25, -0.2) is 8.42 Å². The molecule has 104 valence electrons. The maximum Gasteiger partial charge on any atom is 0.185 e. The summed E-state index contributed by atoms with van der Waals surface area (Å²) in [6.07, 6.45) is 0.516. The molecule has 0 radical (unpaired) electrons. The first-order valence-corrected chi connectivity index (χ1v) is 8.04. The Morgan fingerprint density at radius 1 is 1.50 bits per heavy atom. The van der Waals surface area contributed by atoms with Gasteiger partial charge in [0.05, 0.1) is 11.4 Å². The van der Waals surface area contributed by atoms with Crippen LogP contribution in [0.4, 0.5) is 10.8 Å². The van der Waals surface area contributed by atoms with Crippen molar-refractivity contribution in [1.82, 2.24) is 4.37 Å². The first-order chi connectivity index (χ1) is 8.17. The van der Waals surface area contributed by atoms with Crippen LogP contribution in [0.5, 0.6) is 0 Å². The van der Waals surface area contributed by atoms with Crippen LogP contribution in [0.1, 0.15) is 27.2 Å². The van der Waals surface area contributed by atoms with E-state index >= 15 is 0 Å². The summed E-state index contributed by atoms with van der Waals surface area (Å²) in [5.74, 6) is 0.0546. The van der Waals surface area contributed by atoms with Gasteiger partial charge in [0, 0.05) is 6.54 Å². The number of nitrogen functional groups attached to an aromatic ring is 1. The van der Waals surface area contributed by atoms with Crippen molar-refractivity contribution in [2.75, 3.05) is 23.3 Å². The Morgan fingerprint density at radius 2 is 2.11 bits per heavy atom. The van der Waals surface area contributed by atoms with E-state index in [4.69, 9.17) is 5.73 Å². The Balaban J connectivity index is 3.02. The van der Waals surface area contributed by atoms with Gasteiger partial charge in [-0.15, -0.1) is 0 Å². The molecule has 6 nitrogen and oxygen atoms in total. The molecule has 0 aliphatic carbocycles. The summed E-state index contributed by atoms with van der Waals surface area (Å²) in [5, 5.41) is 12.9. The number of sulfone groups is 1. The summed E-state index contributed by atoms with van der Waals surface area (Å²) in [7, 11) is -3.42. The van der Waals surface area contributed by atoms with Crippen molar-refractivity contribution in [2.45, 2.75) is 37.7 Å². The maximum absolute atomic E-state index is 12.0. The minimum Gasteiger partial charge on any atom is -0.389 e. The Labute approximate surface area is 111 Å². The first-order valence-electron chi connectivity index (χ1n) is 5.61. The summed E-state index contributed by atoms with van der Waals surface area (Å²) in [6.45, 7) is 5.27. The average Bonchev–Trinajstić information content (AvgIpc) is 2.56. The molecule has 1 heterocycles. The van der Waals surface area contributed by atoms with Crippen molar-refractivity contribution in [3.05, 3.63) is 0 Å². The minimum absolute atomic E-state index is 0.0201. The SMILES string of the molecule is CCCS(=O)(=O)c1c(N)nsc1NCC(C)(C)O. The van der Waals surface area contributed by atoms with E-state index in [1.54, 1.807) is 20.8 Å².